The van der Waals surface area contributed by atoms with Crippen LogP contribution in [-0.4, -0.2) is 16.2 Å². The molecule has 0 aromatic heterocycles. The van der Waals surface area contributed by atoms with Gasteiger partial charge in [0.15, 0.2) is 0 Å². The second-order valence-electron chi connectivity index (χ2n) is 2.28. The number of benzene rings is 1. The minimum absolute atomic E-state index is 0.295. The first-order chi connectivity index (χ1) is 5.65. The molecule has 2 N–H and O–H groups in total. The van der Waals surface area contributed by atoms with Crippen LogP contribution in [0.25, 0.3) is 0 Å². The molecule has 0 spiro atoms. The van der Waals surface area contributed by atoms with Gasteiger partial charge in [-0.25, -0.2) is 9.18 Å². The third-order valence-corrected chi connectivity index (χ3v) is 1.45. The molecule has 0 amide bonds. The quantitative estimate of drug-likeness (QED) is 0.696. The van der Waals surface area contributed by atoms with Crippen molar-refractivity contribution >= 4 is 5.97 Å². The first-order valence-corrected chi connectivity index (χ1v) is 3.27. The Morgan fingerprint density at radius 3 is 2.58 bits per heavy atom. The lowest BCUT2D eigenvalue weighted by Crippen LogP contribution is -2.00. The van der Waals surface area contributed by atoms with Crippen molar-refractivity contribution in [1.29, 1.82) is 0 Å². The summed E-state index contributed by atoms with van der Waals surface area (Å²) in [5.74, 6) is -2.13. The molecule has 0 aliphatic rings. The van der Waals surface area contributed by atoms with E-state index in [9.17, 15) is 9.18 Å². The molecule has 1 aromatic rings. The second kappa shape index (κ2) is 3.32. The molecule has 0 atom stereocenters. The van der Waals surface area contributed by atoms with Gasteiger partial charge >= 0.3 is 5.97 Å². The third kappa shape index (κ3) is 1.60. The summed E-state index contributed by atoms with van der Waals surface area (Å²) in [5.41, 5.74) is -0.0234. The molecule has 3 nitrogen and oxygen atoms in total. The van der Waals surface area contributed by atoms with Crippen LogP contribution in [0.3, 0.4) is 0 Å². The fraction of sp³-hybridized carbons (Fsp3) is 0.125. The van der Waals surface area contributed by atoms with E-state index in [0.29, 0.717) is 5.56 Å². The van der Waals surface area contributed by atoms with E-state index in [1.165, 1.54) is 6.07 Å². The molecule has 1 aromatic carbocycles. The second-order valence-corrected chi connectivity index (χ2v) is 2.28. The molecule has 0 saturated heterocycles. The van der Waals surface area contributed by atoms with Crippen LogP contribution in [0.4, 0.5) is 4.39 Å². The Hall–Kier alpha value is -1.42. The van der Waals surface area contributed by atoms with Crippen LogP contribution < -0.4 is 0 Å². The first-order valence-electron chi connectivity index (χ1n) is 3.27. The summed E-state index contributed by atoms with van der Waals surface area (Å²) in [7, 11) is 0. The van der Waals surface area contributed by atoms with Crippen molar-refractivity contribution in [3.05, 3.63) is 35.1 Å². The Bertz CT molecular complexity index is 309. The van der Waals surface area contributed by atoms with Gasteiger partial charge in [-0.05, 0) is 17.7 Å². The van der Waals surface area contributed by atoms with Crippen molar-refractivity contribution in [2.45, 2.75) is 6.61 Å². The molecule has 0 bridgehead atoms. The van der Waals surface area contributed by atoms with E-state index in [2.05, 4.69) is 0 Å². The Morgan fingerprint density at radius 1 is 1.50 bits per heavy atom. The molecule has 0 radical (unpaired) electrons. The summed E-state index contributed by atoms with van der Waals surface area (Å²) in [4.78, 5) is 10.3. The SMILES string of the molecule is O=C(O)c1ccc(CO)cc1F. The summed E-state index contributed by atoms with van der Waals surface area (Å²) in [5, 5.41) is 17.0. The largest absolute Gasteiger partial charge is 0.478 e. The number of carbonyl (C=O) groups is 1. The first kappa shape index (κ1) is 8.67. The third-order valence-electron chi connectivity index (χ3n) is 1.45. The monoisotopic (exact) mass is 170 g/mol. The van der Waals surface area contributed by atoms with E-state index in [-0.39, 0.29) is 12.2 Å². The lowest BCUT2D eigenvalue weighted by molar-refractivity contribution is 0.0691. The highest BCUT2D eigenvalue weighted by Crippen LogP contribution is 2.10. The van der Waals surface area contributed by atoms with E-state index in [0.717, 1.165) is 12.1 Å². The standard InChI is InChI=1S/C8H7FO3/c9-7-3-5(4-10)1-2-6(7)8(11)12/h1-3,10H,4H2,(H,11,12). The average molecular weight is 170 g/mol. The van der Waals surface area contributed by atoms with Crippen molar-refractivity contribution in [2.75, 3.05) is 0 Å². The van der Waals surface area contributed by atoms with Crippen LogP contribution in [0.1, 0.15) is 15.9 Å². The fourth-order valence-corrected chi connectivity index (χ4v) is 0.830. The number of rotatable bonds is 2. The molecule has 1 rings (SSSR count). The van der Waals surface area contributed by atoms with Gasteiger partial charge in [0.1, 0.15) is 5.82 Å². The molecular weight excluding hydrogens is 163 g/mol. The lowest BCUT2D eigenvalue weighted by atomic mass is 10.1. The zero-order chi connectivity index (χ0) is 9.14. The van der Waals surface area contributed by atoms with Crippen LogP contribution in [0, 0.1) is 5.82 Å². The Labute approximate surface area is 68.1 Å². The van der Waals surface area contributed by atoms with E-state index in [1.807, 2.05) is 0 Å². The van der Waals surface area contributed by atoms with Gasteiger partial charge in [-0.2, -0.15) is 0 Å². The maximum atomic E-state index is 12.8. The van der Waals surface area contributed by atoms with Crippen molar-refractivity contribution in [1.82, 2.24) is 0 Å². The van der Waals surface area contributed by atoms with Crippen LogP contribution >= 0.6 is 0 Å². The molecular formula is C8H7FO3. The number of carboxylic acids is 1. The number of hydrogen-bond donors (Lipinski definition) is 2. The van der Waals surface area contributed by atoms with Crippen LogP contribution in [-0.2, 0) is 6.61 Å². The minimum Gasteiger partial charge on any atom is -0.478 e. The summed E-state index contributed by atoms with van der Waals surface area (Å²) < 4.78 is 12.8. The Morgan fingerprint density at radius 2 is 2.17 bits per heavy atom. The molecule has 0 heterocycles. The number of carboxylic acid groups (broad SMARTS) is 1. The fourth-order valence-electron chi connectivity index (χ4n) is 0.830. The van der Waals surface area contributed by atoms with Crippen molar-refractivity contribution < 1.29 is 19.4 Å². The summed E-state index contributed by atoms with van der Waals surface area (Å²) in [6.07, 6.45) is 0. The zero-order valence-corrected chi connectivity index (χ0v) is 6.12. The number of halogens is 1. The van der Waals surface area contributed by atoms with Gasteiger partial charge in [0, 0.05) is 0 Å². The van der Waals surface area contributed by atoms with E-state index < -0.39 is 11.8 Å². The van der Waals surface area contributed by atoms with Crippen LogP contribution in [0.2, 0.25) is 0 Å². The van der Waals surface area contributed by atoms with Gasteiger partial charge in [-0.3, -0.25) is 0 Å². The smallest absolute Gasteiger partial charge is 0.338 e. The normalized spacial score (nSPS) is 9.83. The van der Waals surface area contributed by atoms with E-state index in [4.69, 9.17) is 10.2 Å². The Kier molecular flexibility index (Phi) is 2.40. The molecule has 4 heteroatoms. The van der Waals surface area contributed by atoms with Crippen molar-refractivity contribution in [3.63, 3.8) is 0 Å². The summed E-state index contributed by atoms with van der Waals surface area (Å²) in [6, 6.07) is 3.50. The van der Waals surface area contributed by atoms with E-state index in [1.54, 1.807) is 0 Å². The van der Waals surface area contributed by atoms with Gasteiger partial charge in [-0.1, -0.05) is 6.07 Å². The number of aliphatic hydroxyl groups excluding tert-OH is 1. The predicted molar refractivity (Wildman–Crippen MR) is 39.3 cm³/mol. The Balaban J connectivity index is 3.12. The van der Waals surface area contributed by atoms with Crippen LogP contribution in [0.5, 0.6) is 0 Å². The van der Waals surface area contributed by atoms with Crippen molar-refractivity contribution in [2.24, 2.45) is 0 Å². The highest BCUT2D eigenvalue weighted by atomic mass is 19.1. The van der Waals surface area contributed by atoms with Crippen LogP contribution in [0.15, 0.2) is 18.2 Å². The lowest BCUT2D eigenvalue weighted by Gasteiger charge is -1.99. The van der Waals surface area contributed by atoms with Gasteiger partial charge in [0.05, 0.1) is 12.2 Å². The number of hydrogen-bond acceptors (Lipinski definition) is 2. The number of aromatic carboxylic acids is 1. The average Bonchev–Trinajstić information content (AvgIpc) is 2.03. The molecule has 0 saturated carbocycles. The van der Waals surface area contributed by atoms with Crippen molar-refractivity contribution in [3.8, 4) is 0 Å². The molecule has 64 valence electrons. The molecule has 0 fully saturated rings. The van der Waals surface area contributed by atoms with E-state index >= 15 is 0 Å². The minimum atomic E-state index is -1.31. The molecule has 0 unspecified atom stereocenters. The van der Waals surface area contributed by atoms with Gasteiger partial charge < -0.3 is 10.2 Å². The highest BCUT2D eigenvalue weighted by molar-refractivity contribution is 5.87. The van der Waals surface area contributed by atoms with Gasteiger partial charge in [-0.15, -0.1) is 0 Å². The predicted octanol–water partition coefficient (Wildman–Crippen LogP) is 1.02. The molecule has 0 aliphatic carbocycles. The topological polar surface area (TPSA) is 57.5 Å². The van der Waals surface area contributed by atoms with Gasteiger partial charge in [0.25, 0.3) is 0 Å². The summed E-state index contributed by atoms with van der Waals surface area (Å²) in [6.45, 7) is -0.295. The zero-order valence-electron chi connectivity index (χ0n) is 6.12. The maximum absolute atomic E-state index is 12.8. The molecule has 0 aliphatic heterocycles. The maximum Gasteiger partial charge on any atom is 0.338 e. The number of aliphatic hydroxyl groups is 1. The molecule has 12 heavy (non-hydrogen) atoms. The van der Waals surface area contributed by atoms with Gasteiger partial charge in [0.2, 0.25) is 0 Å². The summed E-state index contributed by atoms with van der Waals surface area (Å²) >= 11 is 0. The highest BCUT2D eigenvalue weighted by Gasteiger charge is 2.09.